The molecule has 1 aromatic carbocycles. The smallest absolute Gasteiger partial charge is 0.167 e. The number of carbonyl (C=O) groups excluding carboxylic acids is 1. The third-order valence-electron chi connectivity index (χ3n) is 3.31. The molecule has 1 unspecified atom stereocenters. The highest BCUT2D eigenvalue weighted by Gasteiger charge is 2.21. The largest absolute Gasteiger partial charge is 0.368 e. The van der Waals surface area contributed by atoms with Crippen molar-refractivity contribution in [2.75, 3.05) is 19.7 Å². The summed E-state index contributed by atoms with van der Waals surface area (Å²) in [6.07, 6.45) is 0.189. The number of Topliss-reactive ketones (excluding diaryl/α,β-unsaturated/α-hetero) is 1. The minimum absolute atomic E-state index is 0.166. The first-order chi connectivity index (χ1) is 8.66. The van der Waals surface area contributed by atoms with E-state index in [0.29, 0.717) is 25.5 Å². The topological polar surface area (TPSA) is 38.3 Å². The van der Waals surface area contributed by atoms with Gasteiger partial charge >= 0.3 is 0 Å². The van der Waals surface area contributed by atoms with Gasteiger partial charge in [0.2, 0.25) is 0 Å². The van der Waals surface area contributed by atoms with Gasteiger partial charge in [0.1, 0.15) is 6.10 Å². The summed E-state index contributed by atoms with van der Waals surface area (Å²) in [5.41, 5.74) is 2.38. The van der Waals surface area contributed by atoms with E-state index >= 15 is 0 Å². The highest BCUT2D eigenvalue weighted by atomic mass is 16.5. The monoisotopic (exact) mass is 247 g/mol. The maximum Gasteiger partial charge on any atom is 0.167 e. The molecule has 3 heteroatoms. The van der Waals surface area contributed by atoms with Gasteiger partial charge in [0.25, 0.3) is 0 Å². The zero-order valence-electron chi connectivity index (χ0n) is 11.1. The average Bonchev–Trinajstić information content (AvgIpc) is 2.40. The van der Waals surface area contributed by atoms with Crippen LogP contribution >= 0.6 is 0 Å². The van der Waals surface area contributed by atoms with Crippen molar-refractivity contribution < 1.29 is 9.53 Å². The third kappa shape index (κ3) is 3.40. The number of ether oxygens (including phenoxy) is 1. The van der Waals surface area contributed by atoms with Crippen molar-refractivity contribution in [2.24, 2.45) is 0 Å². The zero-order valence-corrected chi connectivity index (χ0v) is 11.1. The van der Waals surface area contributed by atoms with Crippen molar-refractivity contribution in [2.45, 2.75) is 32.3 Å². The Labute approximate surface area is 109 Å². The molecule has 1 saturated heterocycles. The molecule has 1 atom stereocenters. The van der Waals surface area contributed by atoms with Gasteiger partial charge in [-0.1, -0.05) is 38.1 Å². The molecule has 0 aromatic heterocycles. The van der Waals surface area contributed by atoms with Crippen LogP contribution in [-0.2, 0) is 16.0 Å². The Morgan fingerprint density at radius 2 is 2.11 bits per heavy atom. The van der Waals surface area contributed by atoms with Gasteiger partial charge in [-0.15, -0.1) is 0 Å². The van der Waals surface area contributed by atoms with Gasteiger partial charge in [0.05, 0.1) is 6.61 Å². The molecule has 0 spiro atoms. The molecule has 0 saturated carbocycles. The summed E-state index contributed by atoms with van der Waals surface area (Å²) in [7, 11) is 0. The van der Waals surface area contributed by atoms with Crippen LogP contribution in [0.3, 0.4) is 0 Å². The first-order valence-corrected chi connectivity index (χ1v) is 6.60. The molecule has 18 heavy (non-hydrogen) atoms. The fraction of sp³-hybridized carbons (Fsp3) is 0.533. The molecule has 3 nitrogen and oxygen atoms in total. The van der Waals surface area contributed by atoms with E-state index in [1.54, 1.807) is 0 Å². The van der Waals surface area contributed by atoms with E-state index in [-0.39, 0.29) is 11.9 Å². The maximum atomic E-state index is 12.0. The number of morpholine rings is 1. The summed E-state index contributed by atoms with van der Waals surface area (Å²) < 4.78 is 5.46. The van der Waals surface area contributed by atoms with E-state index < -0.39 is 0 Å². The van der Waals surface area contributed by atoms with Gasteiger partial charge < -0.3 is 10.1 Å². The van der Waals surface area contributed by atoms with Gasteiger partial charge in [-0.05, 0) is 17.0 Å². The minimum Gasteiger partial charge on any atom is -0.368 e. The van der Waals surface area contributed by atoms with Crippen LogP contribution in [0, 0.1) is 0 Å². The lowest BCUT2D eigenvalue weighted by atomic mass is 9.99. The van der Waals surface area contributed by atoms with E-state index in [1.807, 2.05) is 12.1 Å². The van der Waals surface area contributed by atoms with Gasteiger partial charge in [-0.3, -0.25) is 4.79 Å². The number of benzene rings is 1. The molecule has 0 radical (unpaired) electrons. The second kappa shape index (κ2) is 6.12. The van der Waals surface area contributed by atoms with Crippen LogP contribution in [0.5, 0.6) is 0 Å². The summed E-state index contributed by atoms with van der Waals surface area (Å²) in [5.74, 6) is 0.695. The van der Waals surface area contributed by atoms with Gasteiger partial charge in [0, 0.05) is 19.5 Å². The lowest BCUT2D eigenvalue weighted by Crippen LogP contribution is -2.43. The summed E-state index contributed by atoms with van der Waals surface area (Å²) in [6, 6.07) is 8.30. The quantitative estimate of drug-likeness (QED) is 0.883. The summed E-state index contributed by atoms with van der Waals surface area (Å²) in [6.45, 7) is 6.45. The highest BCUT2D eigenvalue weighted by molar-refractivity contribution is 5.85. The zero-order chi connectivity index (χ0) is 13.0. The van der Waals surface area contributed by atoms with E-state index in [4.69, 9.17) is 4.74 Å². The molecular formula is C15H21NO2. The minimum atomic E-state index is -0.275. The van der Waals surface area contributed by atoms with Crippen LogP contribution in [0.25, 0.3) is 0 Å². The molecule has 0 bridgehead atoms. The molecule has 1 aliphatic heterocycles. The molecule has 0 aliphatic carbocycles. The SMILES string of the molecule is CC(C)c1ccc(CC(=O)C2CNCCO2)cc1. The number of hydrogen-bond acceptors (Lipinski definition) is 3. The van der Waals surface area contributed by atoms with Crippen molar-refractivity contribution in [3.63, 3.8) is 0 Å². The van der Waals surface area contributed by atoms with Crippen molar-refractivity contribution in [3.8, 4) is 0 Å². The number of carbonyl (C=O) groups is 1. The second-order valence-electron chi connectivity index (χ2n) is 5.10. The fourth-order valence-electron chi connectivity index (χ4n) is 2.11. The van der Waals surface area contributed by atoms with Crippen molar-refractivity contribution in [1.29, 1.82) is 0 Å². The van der Waals surface area contributed by atoms with E-state index in [1.165, 1.54) is 5.56 Å². The fourth-order valence-corrected chi connectivity index (χ4v) is 2.11. The molecule has 98 valence electrons. The number of nitrogens with one attached hydrogen (secondary N) is 1. The Morgan fingerprint density at radius 1 is 1.39 bits per heavy atom. The summed E-state index contributed by atoms with van der Waals surface area (Å²) in [5, 5.41) is 3.18. The maximum absolute atomic E-state index is 12.0. The van der Waals surface area contributed by atoms with Crippen LogP contribution in [0.1, 0.15) is 30.9 Å². The number of ketones is 1. The first kappa shape index (κ1) is 13.2. The number of hydrogen-bond donors (Lipinski definition) is 1. The molecule has 1 fully saturated rings. The van der Waals surface area contributed by atoms with E-state index in [0.717, 1.165) is 12.1 Å². The van der Waals surface area contributed by atoms with Gasteiger partial charge in [0.15, 0.2) is 5.78 Å². The molecule has 1 aromatic rings. The van der Waals surface area contributed by atoms with Crippen LogP contribution < -0.4 is 5.32 Å². The third-order valence-corrected chi connectivity index (χ3v) is 3.31. The lowest BCUT2D eigenvalue weighted by molar-refractivity contribution is -0.131. The van der Waals surface area contributed by atoms with Crippen molar-refractivity contribution >= 4 is 5.78 Å². The first-order valence-electron chi connectivity index (χ1n) is 6.60. The molecule has 2 rings (SSSR count). The normalized spacial score (nSPS) is 20.1. The second-order valence-corrected chi connectivity index (χ2v) is 5.10. The molecule has 1 N–H and O–H groups in total. The molecule has 0 amide bonds. The average molecular weight is 247 g/mol. The van der Waals surface area contributed by atoms with Crippen molar-refractivity contribution in [3.05, 3.63) is 35.4 Å². The van der Waals surface area contributed by atoms with Crippen molar-refractivity contribution in [1.82, 2.24) is 5.32 Å². The van der Waals surface area contributed by atoms with Crippen LogP contribution in [0.4, 0.5) is 0 Å². The lowest BCUT2D eigenvalue weighted by Gasteiger charge is -2.22. The van der Waals surface area contributed by atoms with Crippen LogP contribution in [0.2, 0.25) is 0 Å². The van der Waals surface area contributed by atoms with Gasteiger partial charge in [-0.25, -0.2) is 0 Å². The van der Waals surface area contributed by atoms with E-state index in [9.17, 15) is 4.79 Å². The Bertz CT molecular complexity index is 391. The summed E-state index contributed by atoms with van der Waals surface area (Å²) >= 11 is 0. The molecule has 1 aliphatic rings. The Kier molecular flexibility index (Phi) is 4.50. The van der Waals surface area contributed by atoms with E-state index in [2.05, 4.69) is 31.3 Å². The number of rotatable bonds is 4. The van der Waals surface area contributed by atoms with Gasteiger partial charge in [-0.2, -0.15) is 0 Å². The molecule has 1 heterocycles. The Hall–Kier alpha value is -1.19. The predicted molar refractivity (Wildman–Crippen MR) is 71.9 cm³/mol. The standard InChI is InChI=1S/C15H21NO2/c1-11(2)13-5-3-12(4-6-13)9-14(17)15-10-16-7-8-18-15/h3-6,11,15-16H,7-10H2,1-2H3. The predicted octanol–water partition coefficient (Wildman–Crippen LogP) is 1.91. The summed E-state index contributed by atoms with van der Waals surface area (Å²) in [4.78, 5) is 12.0. The Balaban J connectivity index is 1.94. The van der Waals surface area contributed by atoms with Crippen LogP contribution in [-0.4, -0.2) is 31.6 Å². The molecular weight excluding hydrogens is 226 g/mol. The van der Waals surface area contributed by atoms with Crippen LogP contribution in [0.15, 0.2) is 24.3 Å². The highest BCUT2D eigenvalue weighted by Crippen LogP contribution is 2.15. The Morgan fingerprint density at radius 3 is 2.67 bits per heavy atom.